The van der Waals surface area contributed by atoms with Crippen molar-refractivity contribution in [2.45, 2.75) is 13.1 Å². The molecule has 120 valence electrons. The van der Waals surface area contributed by atoms with Crippen molar-refractivity contribution >= 4 is 17.2 Å². The van der Waals surface area contributed by atoms with Gasteiger partial charge in [0.25, 0.3) is 0 Å². The van der Waals surface area contributed by atoms with Gasteiger partial charge in [-0.2, -0.15) is 0 Å². The molecule has 0 aliphatic rings. The number of rotatable bonds is 6. The lowest BCUT2D eigenvalue weighted by Crippen LogP contribution is -2.13. The SMILES string of the molecule is C=C(c1ccc(Cl)cc1)c1ccccc1CNCc1ccccc1. The van der Waals surface area contributed by atoms with Gasteiger partial charge >= 0.3 is 0 Å². The van der Waals surface area contributed by atoms with Gasteiger partial charge in [-0.25, -0.2) is 0 Å². The Kier molecular flexibility index (Phi) is 5.47. The molecule has 24 heavy (non-hydrogen) atoms. The van der Waals surface area contributed by atoms with Gasteiger partial charge in [0.15, 0.2) is 0 Å². The molecule has 0 aliphatic heterocycles. The standard InChI is InChI=1S/C22H20ClN/c1-17(19-11-13-21(23)14-12-19)22-10-6-5-9-20(22)16-24-15-18-7-3-2-4-8-18/h2-14,24H,1,15-16H2. The highest BCUT2D eigenvalue weighted by atomic mass is 35.5. The fourth-order valence-electron chi connectivity index (χ4n) is 2.71. The summed E-state index contributed by atoms with van der Waals surface area (Å²) in [4.78, 5) is 0. The zero-order valence-corrected chi connectivity index (χ0v) is 14.3. The summed E-state index contributed by atoms with van der Waals surface area (Å²) in [5.74, 6) is 0. The van der Waals surface area contributed by atoms with E-state index in [1.807, 2.05) is 30.3 Å². The first-order chi connectivity index (χ1) is 11.7. The number of benzene rings is 3. The van der Waals surface area contributed by atoms with Crippen LogP contribution in [-0.4, -0.2) is 0 Å². The van der Waals surface area contributed by atoms with Crippen LogP contribution in [0.2, 0.25) is 5.02 Å². The first kappa shape index (κ1) is 16.5. The summed E-state index contributed by atoms with van der Waals surface area (Å²) in [6.07, 6.45) is 0. The van der Waals surface area contributed by atoms with Crippen LogP contribution in [0.15, 0.2) is 85.4 Å². The lowest BCUT2D eigenvalue weighted by atomic mass is 9.95. The Bertz CT molecular complexity index is 807. The van der Waals surface area contributed by atoms with Crippen LogP contribution in [0, 0.1) is 0 Å². The lowest BCUT2D eigenvalue weighted by Gasteiger charge is -2.13. The molecule has 0 amide bonds. The number of halogens is 1. The molecular formula is C22H20ClN. The monoisotopic (exact) mass is 333 g/mol. The summed E-state index contributed by atoms with van der Waals surface area (Å²) in [5.41, 5.74) is 5.80. The predicted molar refractivity (Wildman–Crippen MR) is 103 cm³/mol. The van der Waals surface area contributed by atoms with Crippen LogP contribution in [0.3, 0.4) is 0 Å². The summed E-state index contributed by atoms with van der Waals surface area (Å²) in [6, 6.07) is 26.6. The van der Waals surface area contributed by atoms with E-state index in [9.17, 15) is 0 Å². The minimum atomic E-state index is 0.740. The maximum Gasteiger partial charge on any atom is 0.0406 e. The molecule has 0 atom stereocenters. The minimum Gasteiger partial charge on any atom is -0.309 e. The molecular weight excluding hydrogens is 314 g/mol. The number of nitrogens with one attached hydrogen (secondary N) is 1. The number of hydrogen-bond donors (Lipinski definition) is 1. The Hall–Kier alpha value is -2.35. The van der Waals surface area contributed by atoms with Crippen LogP contribution in [-0.2, 0) is 13.1 Å². The van der Waals surface area contributed by atoms with E-state index in [1.54, 1.807) is 0 Å². The van der Waals surface area contributed by atoms with Crippen molar-refractivity contribution in [3.05, 3.63) is 113 Å². The molecule has 0 spiro atoms. The van der Waals surface area contributed by atoms with E-state index in [0.717, 1.165) is 29.2 Å². The molecule has 3 aromatic carbocycles. The Morgan fingerprint density at radius 2 is 1.46 bits per heavy atom. The van der Waals surface area contributed by atoms with Gasteiger partial charge in [0, 0.05) is 18.1 Å². The van der Waals surface area contributed by atoms with Crippen LogP contribution in [0.1, 0.15) is 22.3 Å². The normalized spacial score (nSPS) is 10.5. The second-order valence-corrected chi connectivity index (χ2v) is 6.17. The van der Waals surface area contributed by atoms with E-state index < -0.39 is 0 Å². The smallest absolute Gasteiger partial charge is 0.0406 e. The quantitative estimate of drug-likeness (QED) is 0.611. The van der Waals surface area contributed by atoms with E-state index in [0.29, 0.717) is 0 Å². The van der Waals surface area contributed by atoms with Crippen LogP contribution >= 0.6 is 11.6 Å². The Labute approximate surface area is 148 Å². The van der Waals surface area contributed by atoms with Crippen molar-refractivity contribution in [3.8, 4) is 0 Å². The van der Waals surface area contributed by atoms with E-state index in [2.05, 4.69) is 60.4 Å². The molecule has 0 saturated carbocycles. The van der Waals surface area contributed by atoms with E-state index in [-0.39, 0.29) is 0 Å². The van der Waals surface area contributed by atoms with Gasteiger partial charge in [-0.3, -0.25) is 0 Å². The van der Waals surface area contributed by atoms with E-state index in [4.69, 9.17) is 11.6 Å². The molecule has 0 radical (unpaired) electrons. The highest BCUT2D eigenvalue weighted by Crippen LogP contribution is 2.25. The van der Waals surface area contributed by atoms with E-state index >= 15 is 0 Å². The molecule has 0 bridgehead atoms. The van der Waals surface area contributed by atoms with Crippen molar-refractivity contribution < 1.29 is 0 Å². The molecule has 0 aliphatic carbocycles. The van der Waals surface area contributed by atoms with Gasteiger partial charge in [-0.15, -0.1) is 0 Å². The molecule has 2 heteroatoms. The third kappa shape index (κ3) is 4.14. The Morgan fingerprint density at radius 3 is 2.21 bits per heavy atom. The third-order valence-corrected chi connectivity index (χ3v) is 4.27. The molecule has 0 unspecified atom stereocenters. The van der Waals surface area contributed by atoms with Gasteiger partial charge in [-0.05, 0) is 40.0 Å². The highest BCUT2D eigenvalue weighted by molar-refractivity contribution is 6.30. The zero-order valence-electron chi connectivity index (χ0n) is 13.5. The summed E-state index contributed by atoms with van der Waals surface area (Å²) in [5, 5.41) is 4.25. The number of hydrogen-bond acceptors (Lipinski definition) is 1. The van der Waals surface area contributed by atoms with Crippen LogP contribution in [0.25, 0.3) is 5.57 Å². The van der Waals surface area contributed by atoms with Gasteiger partial charge in [0.2, 0.25) is 0 Å². The second-order valence-electron chi connectivity index (χ2n) is 5.73. The van der Waals surface area contributed by atoms with E-state index in [1.165, 1.54) is 16.7 Å². The van der Waals surface area contributed by atoms with Gasteiger partial charge < -0.3 is 5.32 Å². The molecule has 0 fully saturated rings. The fraction of sp³-hybridized carbons (Fsp3) is 0.0909. The Balaban J connectivity index is 1.73. The fourth-order valence-corrected chi connectivity index (χ4v) is 2.84. The Morgan fingerprint density at radius 1 is 0.792 bits per heavy atom. The maximum atomic E-state index is 5.98. The average Bonchev–Trinajstić information content (AvgIpc) is 2.63. The predicted octanol–water partition coefficient (Wildman–Crippen LogP) is 5.69. The van der Waals surface area contributed by atoms with Crippen LogP contribution in [0.5, 0.6) is 0 Å². The van der Waals surface area contributed by atoms with Gasteiger partial charge in [-0.1, -0.05) is 84.9 Å². The van der Waals surface area contributed by atoms with Gasteiger partial charge in [0.05, 0.1) is 0 Å². The van der Waals surface area contributed by atoms with Crippen LogP contribution < -0.4 is 5.32 Å². The molecule has 3 aromatic rings. The maximum absolute atomic E-state index is 5.98. The third-order valence-electron chi connectivity index (χ3n) is 4.02. The van der Waals surface area contributed by atoms with Crippen molar-refractivity contribution in [1.29, 1.82) is 0 Å². The lowest BCUT2D eigenvalue weighted by molar-refractivity contribution is 0.692. The molecule has 1 nitrogen and oxygen atoms in total. The summed E-state index contributed by atoms with van der Waals surface area (Å²) < 4.78 is 0. The van der Waals surface area contributed by atoms with Crippen molar-refractivity contribution in [3.63, 3.8) is 0 Å². The molecule has 3 rings (SSSR count). The largest absolute Gasteiger partial charge is 0.309 e. The molecule has 0 saturated heterocycles. The topological polar surface area (TPSA) is 12.0 Å². The second kappa shape index (κ2) is 7.96. The zero-order chi connectivity index (χ0) is 16.8. The summed E-state index contributed by atoms with van der Waals surface area (Å²) in [6.45, 7) is 5.93. The first-order valence-electron chi connectivity index (χ1n) is 8.02. The average molecular weight is 334 g/mol. The molecule has 0 heterocycles. The molecule has 1 N–H and O–H groups in total. The highest BCUT2D eigenvalue weighted by Gasteiger charge is 2.07. The summed E-state index contributed by atoms with van der Waals surface area (Å²) in [7, 11) is 0. The van der Waals surface area contributed by atoms with Gasteiger partial charge in [0.1, 0.15) is 0 Å². The molecule has 0 aromatic heterocycles. The van der Waals surface area contributed by atoms with Crippen molar-refractivity contribution in [2.24, 2.45) is 0 Å². The van der Waals surface area contributed by atoms with Crippen molar-refractivity contribution in [1.82, 2.24) is 5.32 Å². The minimum absolute atomic E-state index is 0.740. The summed E-state index contributed by atoms with van der Waals surface area (Å²) >= 11 is 5.98. The van der Waals surface area contributed by atoms with Crippen molar-refractivity contribution in [2.75, 3.05) is 0 Å². The first-order valence-corrected chi connectivity index (χ1v) is 8.39. The van der Waals surface area contributed by atoms with Crippen LogP contribution in [0.4, 0.5) is 0 Å².